The second-order valence-corrected chi connectivity index (χ2v) is 6.15. The zero-order valence-corrected chi connectivity index (χ0v) is 14.1. The van der Waals surface area contributed by atoms with Gasteiger partial charge in [-0.25, -0.2) is 9.37 Å². The fourth-order valence-electron chi connectivity index (χ4n) is 2.17. The van der Waals surface area contributed by atoms with E-state index < -0.39 is 5.82 Å². The van der Waals surface area contributed by atoms with E-state index in [2.05, 4.69) is 36.8 Å². The number of imidazole rings is 1. The summed E-state index contributed by atoms with van der Waals surface area (Å²) >= 11 is 6.90. The molecule has 0 saturated carbocycles. The van der Waals surface area contributed by atoms with Gasteiger partial charge in [-0.15, -0.1) is 0 Å². The van der Waals surface area contributed by atoms with E-state index in [1.807, 2.05) is 18.2 Å². The molecule has 0 fully saturated rings. The first-order valence-corrected chi connectivity index (χ1v) is 7.56. The molecule has 7 heteroatoms. The average molecular weight is 415 g/mol. The average Bonchev–Trinajstić information content (AvgIpc) is 2.73. The molecule has 0 spiro atoms. The Morgan fingerprint density at radius 1 is 1.24 bits per heavy atom. The smallest absolute Gasteiger partial charge is 0.205 e. The summed E-state index contributed by atoms with van der Waals surface area (Å²) < 4.78 is 22.3. The summed E-state index contributed by atoms with van der Waals surface area (Å²) in [6, 6.07) is 8.59. The van der Waals surface area contributed by atoms with E-state index in [0.717, 1.165) is 14.6 Å². The van der Waals surface area contributed by atoms with Crippen molar-refractivity contribution in [1.29, 1.82) is 0 Å². The second kappa shape index (κ2) is 5.31. The fourth-order valence-corrected chi connectivity index (χ4v) is 3.39. The Morgan fingerprint density at radius 2 is 2.00 bits per heavy atom. The Bertz CT molecular complexity index is 848. The van der Waals surface area contributed by atoms with Gasteiger partial charge in [-0.2, -0.15) is 0 Å². The van der Waals surface area contributed by atoms with Crippen molar-refractivity contribution in [2.45, 2.75) is 0 Å². The first-order chi connectivity index (χ1) is 10.0. The van der Waals surface area contributed by atoms with Crippen LogP contribution in [-0.4, -0.2) is 16.7 Å². The highest BCUT2D eigenvalue weighted by Crippen LogP contribution is 2.32. The largest absolute Gasteiger partial charge is 0.494 e. The zero-order valence-electron chi connectivity index (χ0n) is 10.9. The number of rotatable bonds is 2. The zero-order chi connectivity index (χ0) is 15.1. The summed E-state index contributed by atoms with van der Waals surface area (Å²) in [4.78, 5) is 4.20. The van der Waals surface area contributed by atoms with Crippen molar-refractivity contribution in [3.05, 3.63) is 45.1 Å². The van der Waals surface area contributed by atoms with Crippen LogP contribution in [-0.2, 0) is 0 Å². The van der Waals surface area contributed by atoms with E-state index in [9.17, 15) is 4.39 Å². The molecule has 0 unspecified atom stereocenters. The topological polar surface area (TPSA) is 53.1 Å². The van der Waals surface area contributed by atoms with Crippen LogP contribution in [0.25, 0.3) is 16.7 Å². The number of hydrogen-bond acceptors (Lipinski definition) is 3. The molecule has 0 amide bonds. The molecule has 2 aromatic carbocycles. The number of hydrogen-bond donors (Lipinski definition) is 1. The molecule has 108 valence electrons. The maximum absolute atomic E-state index is 13.8. The predicted octanol–water partition coefficient (Wildman–Crippen LogP) is 4.28. The number of methoxy groups -OCH3 is 1. The molecule has 3 aromatic rings. The van der Waals surface area contributed by atoms with E-state index in [-0.39, 0.29) is 11.7 Å². The molecule has 0 aliphatic heterocycles. The van der Waals surface area contributed by atoms with E-state index in [4.69, 9.17) is 10.5 Å². The number of nitrogens with two attached hydrogens (primary N) is 1. The lowest BCUT2D eigenvalue weighted by Gasteiger charge is -2.10. The molecule has 0 radical (unpaired) electrons. The summed E-state index contributed by atoms with van der Waals surface area (Å²) in [6.07, 6.45) is 0. The molecular weight excluding hydrogens is 405 g/mol. The predicted molar refractivity (Wildman–Crippen MR) is 87.4 cm³/mol. The molecule has 0 bridgehead atoms. The molecule has 4 nitrogen and oxygen atoms in total. The van der Waals surface area contributed by atoms with Gasteiger partial charge in [0.15, 0.2) is 11.6 Å². The van der Waals surface area contributed by atoms with Gasteiger partial charge >= 0.3 is 0 Å². The molecule has 1 aromatic heterocycles. The van der Waals surface area contributed by atoms with E-state index in [1.165, 1.54) is 13.2 Å². The number of nitrogens with zero attached hydrogens (tertiary/aromatic N) is 2. The van der Waals surface area contributed by atoms with Crippen LogP contribution in [0.5, 0.6) is 5.75 Å². The number of fused-ring (bicyclic) bond motifs is 1. The Labute approximate surface area is 137 Å². The van der Waals surface area contributed by atoms with Crippen LogP contribution in [0.1, 0.15) is 0 Å². The Hall–Kier alpha value is -1.60. The molecule has 3 rings (SSSR count). The maximum Gasteiger partial charge on any atom is 0.205 e. The van der Waals surface area contributed by atoms with Gasteiger partial charge in [-0.3, -0.25) is 4.57 Å². The third kappa shape index (κ3) is 2.40. The van der Waals surface area contributed by atoms with Crippen LogP contribution < -0.4 is 10.5 Å². The molecule has 1 heterocycles. The number of nitrogen functional groups attached to an aromatic ring is 1. The molecule has 21 heavy (non-hydrogen) atoms. The van der Waals surface area contributed by atoms with Crippen molar-refractivity contribution < 1.29 is 9.13 Å². The quantitative estimate of drug-likeness (QED) is 0.680. The lowest BCUT2D eigenvalue weighted by atomic mass is 10.2. The van der Waals surface area contributed by atoms with Crippen LogP contribution >= 0.6 is 31.9 Å². The molecular formula is C14H10Br2FN3O. The minimum atomic E-state index is -0.468. The van der Waals surface area contributed by atoms with Crippen molar-refractivity contribution in [1.82, 2.24) is 9.55 Å². The number of halogens is 3. The summed E-state index contributed by atoms with van der Waals surface area (Å²) in [5, 5.41) is 0. The molecule has 0 atom stereocenters. The number of anilines is 1. The van der Waals surface area contributed by atoms with Crippen LogP contribution in [0.3, 0.4) is 0 Å². The number of aromatic nitrogens is 2. The van der Waals surface area contributed by atoms with Crippen molar-refractivity contribution in [2.24, 2.45) is 0 Å². The van der Waals surface area contributed by atoms with Crippen molar-refractivity contribution >= 4 is 48.8 Å². The van der Waals surface area contributed by atoms with Crippen LogP contribution in [0.15, 0.2) is 39.3 Å². The summed E-state index contributed by atoms with van der Waals surface area (Å²) in [5.74, 6) is -0.0397. The van der Waals surface area contributed by atoms with Gasteiger partial charge in [0, 0.05) is 21.1 Å². The normalized spacial score (nSPS) is 11.0. The van der Waals surface area contributed by atoms with Crippen molar-refractivity contribution in [2.75, 3.05) is 12.8 Å². The van der Waals surface area contributed by atoms with Gasteiger partial charge in [0.05, 0.1) is 23.8 Å². The number of ether oxygens (including phenoxy) is 1. The van der Waals surface area contributed by atoms with Gasteiger partial charge < -0.3 is 10.5 Å². The molecule has 2 N–H and O–H groups in total. The highest BCUT2D eigenvalue weighted by molar-refractivity contribution is 9.11. The van der Waals surface area contributed by atoms with Gasteiger partial charge in [0.1, 0.15) is 0 Å². The first kappa shape index (κ1) is 14.3. The van der Waals surface area contributed by atoms with Crippen molar-refractivity contribution in [3.8, 4) is 11.4 Å². The van der Waals surface area contributed by atoms with E-state index in [1.54, 1.807) is 10.6 Å². The minimum Gasteiger partial charge on any atom is -0.494 e. The number of benzene rings is 2. The highest BCUT2D eigenvalue weighted by Gasteiger charge is 2.16. The standard InChI is InChI=1S/C14H10Br2FN3O/c1-21-13-6-12-10(5-9(13)17)19-14(18)20(12)11-3-2-7(15)4-8(11)16/h2-6H,1H3,(H2,18,19). The SMILES string of the molecule is COc1cc2c(cc1F)nc(N)n2-c1ccc(Br)cc1Br. The molecule has 0 aliphatic carbocycles. The van der Waals surface area contributed by atoms with Gasteiger partial charge in [-0.05, 0) is 34.1 Å². The van der Waals surface area contributed by atoms with Gasteiger partial charge in [0.25, 0.3) is 0 Å². The lowest BCUT2D eigenvalue weighted by molar-refractivity contribution is 0.387. The Kier molecular flexibility index (Phi) is 3.62. The highest BCUT2D eigenvalue weighted by atomic mass is 79.9. The third-order valence-corrected chi connectivity index (χ3v) is 4.23. The molecule has 0 saturated heterocycles. The molecule has 0 aliphatic rings. The maximum atomic E-state index is 13.8. The van der Waals surface area contributed by atoms with Crippen LogP contribution in [0.2, 0.25) is 0 Å². The monoisotopic (exact) mass is 413 g/mol. The van der Waals surface area contributed by atoms with E-state index in [0.29, 0.717) is 11.0 Å². The minimum absolute atomic E-state index is 0.150. The first-order valence-electron chi connectivity index (χ1n) is 5.98. The van der Waals surface area contributed by atoms with Crippen LogP contribution in [0.4, 0.5) is 10.3 Å². The second-order valence-electron chi connectivity index (χ2n) is 4.38. The third-order valence-electron chi connectivity index (χ3n) is 3.10. The van der Waals surface area contributed by atoms with Crippen molar-refractivity contribution in [3.63, 3.8) is 0 Å². The Morgan fingerprint density at radius 3 is 2.67 bits per heavy atom. The summed E-state index contributed by atoms with van der Waals surface area (Å²) in [7, 11) is 1.42. The summed E-state index contributed by atoms with van der Waals surface area (Å²) in [6.45, 7) is 0. The summed E-state index contributed by atoms with van der Waals surface area (Å²) in [5.41, 5.74) is 7.95. The fraction of sp³-hybridized carbons (Fsp3) is 0.0714. The van der Waals surface area contributed by atoms with Crippen LogP contribution in [0, 0.1) is 5.82 Å². The van der Waals surface area contributed by atoms with E-state index >= 15 is 0 Å². The Balaban J connectivity index is 2.33. The van der Waals surface area contributed by atoms with Gasteiger partial charge in [-0.1, -0.05) is 15.9 Å². The lowest BCUT2D eigenvalue weighted by Crippen LogP contribution is -2.01. The van der Waals surface area contributed by atoms with Gasteiger partial charge in [0.2, 0.25) is 5.95 Å².